The Morgan fingerprint density at radius 1 is 1.44 bits per heavy atom. The summed E-state index contributed by atoms with van der Waals surface area (Å²) >= 11 is 0. The molecule has 1 aromatic rings. The van der Waals surface area contributed by atoms with Crippen LogP contribution in [-0.4, -0.2) is 23.8 Å². The van der Waals surface area contributed by atoms with E-state index in [4.69, 9.17) is 4.74 Å². The smallest absolute Gasteiger partial charge is 0.339 e. The summed E-state index contributed by atoms with van der Waals surface area (Å²) in [6.07, 6.45) is -1.63. The van der Waals surface area contributed by atoms with Gasteiger partial charge in [0.2, 0.25) is 0 Å². The number of esters is 1. The number of aliphatic hydroxyl groups excluding tert-OH is 1. The Balaban J connectivity index is 2.86. The van der Waals surface area contributed by atoms with Crippen molar-refractivity contribution < 1.29 is 23.8 Å². The van der Waals surface area contributed by atoms with Gasteiger partial charge in [-0.25, -0.2) is 9.18 Å². The van der Waals surface area contributed by atoms with E-state index in [1.54, 1.807) is 20.8 Å². The molecule has 1 unspecified atom stereocenters. The van der Waals surface area contributed by atoms with Crippen molar-refractivity contribution in [1.29, 1.82) is 0 Å². The van der Waals surface area contributed by atoms with Crippen molar-refractivity contribution >= 4 is 5.97 Å². The number of carbonyl (C=O) groups is 1. The van der Waals surface area contributed by atoms with Crippen molar-refractivity contribution in [3.05, 3.63) is 29.6 Å². The maximum absolute atomic E-state index is 13.6. The second-order valence-electron chi connectivity index (χ2n) is 4.01. The SMILES string of the molecule is CCOC(=O)C(O)c1ccc(OC(C)C)c(F)c1. The highest BCUT2D eigenvalue weighted by atomic mass is 19.1. The Labute approximate surface area is 105 Å². The molecule has 0 bridgehead atoms. The third kappa shape index (κ3) is 3.70. The summed E-state index contributed by atoms with van der Waals surface area (Å²) in [6.45, 7) is 5.35. The molecule has 18 heavy (non-hydrogen) atoms. The van der Waals surface area contributed by atoms with E-state index in [0.717, 1.165) is 6.07 Å². The quantitative estimate of drug-likeness (QED) is 0.821. The summed E-state index contributed by atoms with van der Waals surface area (Å²) in [6, 6.07) is 3.88. The topological polar surface area (TPSA) is 55.8 Å². The molecule has 0 saturated carbocycles. The predicted molar refractivity (Wildman–Crippen MR) is 63.8 cm³/mol. The van der Waals surface area contributed by atoms with Gasteiger partial charge in [0.25, 0.3) is 0 Å². The molecule has 5 heteroatoms. The number of aliphatic hydroxyl groups is 1. The normalized spacial score (nSPS) is 12.3. The molecule has 0 aliphatic heterocycles. The van der Waals surface area contributed by atoms with Gasteiger partial charge < -0.3 is 14.6 Å². The number of hydrogen-bond donors (Lipinski definition) is 1. The Morgan fingerprint density at radius 3 is 2.61 bits per heavy atom. The van der Waals surface area contributed by atoms with E-state index in [0.29, 0.717) is 0 Å². The predicted octanol–water partition coefficient (Wildman–Crippen LogP) is 2.21. The third-order valence-electron chi connectivity index (χ3n) is 2.14. The fourth-order valence-electron chi connectivity index (χ4n) is 1.39. The van der Waals surface area contributed by atoms with Crippen LogP contribution in [0, 0.1) is 5.82 Å². The standard InChI is InChI=1S/C13H17FO4/c1-4-17-13(16)12(15)9-5-6-11(10(14)7-9)18-8(2)3/h5-8,12,15H,4H2,1-3H3. The number of hydrogen-bond acceptors (Lipinski definition) is 4. The first-order valence-electron chi connectivity index (χ1n) is 5.76. The summed E-state index contributed by atoms with van der Waals surface area (Å²) in [5, 5.41) is 9.64. The second-order valence-corrected chi connectivity index (χ2v) is 4.01. The van der Waals surface area contributed by atoms with Gasteiger partial charge in [-0.05, 0) is 38.5 Å². The molecule has 4 nitrogen and oxygen atoms in total. The molecule has 0 amide bonds. The first-order valence-corrected chi connectivity index (χ1v) is 5.76. The lowest BCUT2D eigenvalue weighted by atomic mass is 10.1. The highest BCUT2D eigenvalue weighted by Crippen LogP contribution is 2.23. The molecule has 1 atom stereocenters. The van der Waals surface area contributed by atoms with Crippen LogP contribution < -0.4 is 4.74 Å². The molecular weight excluding hydrogens is 239 g/mol. The molecule has 1 aromatic carbocycles. The Kier molecular flexibility index (Phi) is 5.09. The zero-order valence-electron chi connectivity index (χ0n) is 10.6. The number of benzene rings is 1. The lowest BCUT2D eigenvalue weighted by molar-refractivity contribution is -0.153. The lowest BCUT2D eigenvalue weighted by Gasteiger charge is -2.13. The van der Waals surface area contributed by atoms with Gasteiger partial charge in [-0.2, -0.15) is 0 Å². The van der Waals surface area contributed by atoms with Crippen molar-refractivity contribution in [3.63, 3.8) is 0 Å². The van der Waals surface area contributed by atoms with Gasteiger partial charge in [0.05, 0.1) is 12.7 Å². The maximum Gasteiger partial charge on any atom is 0.339 e. The zero-order chi connectivity index (χ0) is 13.7. The largest absolute Gasteiger partial charge is 0.488 e. The summed E-state index contributed by atoms with van der Waals surface area (Å²) in [7, 11) is 0. The molecule has 100 valence electrons. The first kappa shape index (κ1) is 14.4. The summed E-state index contributed by atoms with van der Waals surface area (Å²) < 4.78 is 23.5. The van der Waals surface area contributed by atoms with E-state index in [9.17, 15) is 14.3 Å². The van der Waals surface area contributed by atoms with E-state index in [-0.39, 0.29) is 24.0 Å². The molecule has 1 N–H and O–H groups in total. The van der Waals surface area contributed by atoms with Crippen molar-refractivity contribution in [2.75, 3.05) is 6.61 Å². The number of rotatable bonds is 5. The molecule has 0 aliphatic rings. The second kappa shape index (κ2) is 6.35. The van der Waals surface area contributed by atoms with Crippen LogP contribution in [0.5, 0.6) is 5.75 Å². The van der Waals surface area contributed by atoms with Gasteiger partial charge in [0, 0.05) is 0 Å². The molecule has 0 radical (unpaired) electrons. The van der Waals surface area contributed by atoms with E-state index >= 15 is 0 Å². The monoisotopic (exact) mass is 256 g/mol. The maximum atomic E-state index is 13.6. The minimum atomic E-state index is -1.48. The highest BCUT2D eigenvalue weighted by molar-refractivity contribution is 5.76. The van der Waals surface area contributed by atoms with Gasteiger partial charge in [0.1, 0.15) is 0 Å². The minimum Gasteiger partial charge on any atom is -0.488 e. The highest BCUT2D eigenvalue weighted by Gasteiger charge is 2.20. The molecule has 0 saturated heterocycles. The van der Waals surface area contributed by atoms with E-state index in [2.05, 4.69) is 4.74 Å². The van der Waals surface area contributed by atoms with Crippen molar-refractivity contribution in [2.24, 2.45) is 0 Å². The third-order valence-corrected chi connectivity index (χ3v) is 2.14. The van der Waals surface area contributed by atoms with E-state index in [1.165, 1.54) is 12.1 Å². The van der Waals surface area contributed by atoms with Gasteiger partial charge in [0.15, 0.2) is 17.7 Å². The number of halogens is 1. The van der Waals surface area contributed by atoms with Crippen LogP contribution in [0.1, 0.15) is 32.4 Å². The van der Waals surface area contributed by atoms with Gasteiger partial charge in [-0.3, -0.25) is 0 Å². The fraction of sp³-hybridized carbons (Fsp3) is 0.462. The zero-order valence-corrected chi connectivity index (χ0v) is 10.6. The Morgan fingerprint density at radius 2 is 2.11 bits per heavy atom. The molecule has 0 spiro atoms. The van der Waals surface area contributed by atoms with Crippen LogP contribution >= 0.6 is 0 Å². The van der Waals surface area contributed by atoms with Crippen LogP contribution in [-0.2, 0) is 9.53 Å². The molecule has 0 aliphatic carbocycles. The van der Waals surface area contributed by atoms with E-state index in [1.807, 2.05) is 0 Å². The van der Waals surface area contributed by atoms with E-state index < -0.39 is 17.9 Å². The lowest BCUT2D eigenvalue weighted by Crippen LogP contribution is -2.15. The average Bonchev–Trinajstić information content (AvgIpc) is 2.30. The number of ether oxygens (including phenoxy) is 2. The minimum absolute atomic E-state index is 0.0878. The van der Waals surface area contributed by atoms with Gasteiger partial charge in [-0.15, -0.1) is 0 Å². The molecule has 0 aromatic heterocycles. The summed E-state index contributed by atoms with van der Waals surface area (Å²) in [5.74, 6) is -1.33. The fourth-order valence-corrected chi connectivity index (χ4v) is 1.39. The van der Waals surface area contributed by atoms with Crippen LogP contribution in [0.15, 0.2) is 18.2 Å². The summed E-state index contributed by atoms with van der Waals surface area (Å²) in [4.78, 5) is 11.3. The van der Waals surface area contributed by atoms with Gasteiger partial charge in [-0.1, -0.05) is 6.07 Å². The van der Waals surface area contributed by atoms with Crippen LogP contribution in [0.25, 0.3) is 0 Å². The molecule has 1 rings (SSSR count). The molecule has 0 heterocycles. The van der Waals surface area contributed by atoms with Crippen molar-refractivity contribution in [3.8, 4) is 5.75 Å². The average molecular weight is 256 g/mol. The Hall–Kier alpha value is -1.62. The molecular formula is C13H17FO4. The van der Waals surface area contributed by atoms with Crippen LogP contribution in [0.2, 0.25) is 0 Å². The van der Waals surface area contributed by atoms with Crippen molar-refractivity contribution in [1.82, 2.24) is 0 Å². The van der Waals surface area contributed by atoms with Crippen LogP contribution in [0.4, 0.5) is 4.39 Å². The molecule has 0 fully saturated rings. The number of carbonyl (C=O) groups excluding carboxylic acids is 1. The first-order chi connectivity index (χ1) is 8.45. The van der Waals surface area contributed by atoms with Gasteiger partial charge >= 0.3 is 5.97 Å². The Bertz CT molecular complexity index is 417. The van der Waals surface area contributed by atoms with Crippen LogP contribution in [0.3, 0.4) is 0 Å². The van der Waals surface area contributed by atoms with Crippen molar-refractivity contribution in [2.45, 2.75) is 33.0 Å². The summed E-state index contributed by atoms with van der Waals surface area (Å²) in [5.41, 5.74) is 0.141.